The predicted octanol–water partition coefficient (Wildman–Crippen LogP) is 6.88. The molecule has 279 valence electrons. The quantitative estimate of drug-likeness (QED) is 0.138. The normalized spacial score (nSPS) is 19.9. The van der Waals surface area contributed by atoms with Crippen molar-refractivity contribution in [3.63, 3.8) is 0 Å². The van der Waals surface area contributed by atoms with Crippen LogP contribution < -0.4 is 23.7 Å². The minimum Gasteiger partial charge on any atom is -0.494 e. The maximum Gasteiger partial charge on any atom is 0.257 e. The smallest absolute Gasteiger partial charge is 0.257 e. The highest BCUT2D eigenvalue weighted by molar-refractivity contribution is 6.04. The lowest BCUT2D eigenvalue weighted by atomic mass is 10.1. The largest absolute Gasteiger partial charge is 0.494 e. The first-order valence-electron chi connectivity index (χ1n) is 18.1. The summed E-state index contributed by atoms with van der Waals surface area (Å²) in [4.78, 5) is 50.9. The highest BCUT2D eigenvalue weighted by Crippen LogP contribution is 2.41. The number of amides is 2. The summed E-state index contributed by atoms with van der Waals surface area (Å²) in [6.45, 7) is 5.75. The van der Waals surface area contributed by atoms with Crippen molar-refractivity contribution in [3.05, 3.63) is 88.0 Å². The van der Waals surface area contributed by atoms with Crippen molar-refractivity contribution < 1.29 is 38.1 Å². The second kappa shape index (κ2) is 16.0. The van der Waals surface area contributed by atoms with Gasteiger partial charge in [0.2, 0.25) is 0 Å². The molecule has 2 saturated heterocycles. The minimum absolute atomic E-state index is 0.0929. The van der Waals surface area contributed by atoms with Crippen LogP contribution in [0, 0.1) is 0 Å². The molecule has 3 aromatic rings. The molecule has 2 fully saturated rings. The Morgan fingerprint density at radius 2 is 1.20 bits per heavy atom. The van der Waals surface area contributed by atoms with Gasteiger partial charge in [0, 0.05) is 44.1 Å². The molecule has 4 aliphatic rings. The van der Waals surface area contributed by atoms with Crippen molar-refractivity contribution in [2.45, 2.75) is 64.8 Å². The van der Waals surface area contributed by atoms with Crippen LogP contribution in [-0.4, -0.2) is 86.3 Å². The first-order chi connectivity index (χ1) is 26.3. The van der Waals surface area contributed by atoms with Gasteiger partial charge in [-0.2, -0.15) is 0 Å². The zero-order valence-electron chi connectivity index (χ0n) is 30.9. The molecular formula is C42H43N4O8. The number of carbonyl (C=O) groups excluding carboxylic acids is 3. The Labute approximate surface area is 314 Å². The molecule has 0 aliphatic carbocycles. The lowest BCUT2D eigenvalue weighted by molar-refractivity contribution is 0.0769. The van der Waals surface area contributed by atoms with Crippen molar-refractivity contribution in [3.8, 4) is 28.7 Å². The van der Waals surface area contributed by atoms with Crippen molar-refractivity contribution >= 4 is 41.9 Å². The van der Waals surface area contributed by atoms with Crippen LogP contribution in [0.2, 0.25) is 0 Å². The second-order valence-electron chi connectivity index (χ2n) is 13.6. The number of allylic oxidation sites excluding steroid dienone is 2. The Kier molecular flexibility index (Phi) is 10.8. The van der Waals surface area contributed by atoms with Crippen LogP contribution in [0.4, 0.5) is 11.4 Å². The van der Waals surface area contributed by atoms with E-state index in [9.17, 15) is 14.4 Å². The summed E-state index contributed by atoms with van der Waals surface area (Å²) in [6, 6.07) is 12.4. The molecule has 2 atom stereocenters. The molecule has 3 aromatic carbocycles. The van der Waals surface area contributed by atoms with E-state index in [2.05, 4.69) is 22.1 Å². The third-order valence-electron chi connectivity index (χ3n) is 10.1. The maximum atomic E-state index is 13.5. The third kappa shape index (κ3) is 7.46. The average molecular weight is 732 g/mol. The number of benzene rings is 3. The number of ether oxygens (including phenoxy) is 5. The Bertz CT molecular complexity index is 1950. The molecule has 0 unspecified atom stereocenters. The zero-order valence-corrected chi connectivity index (χ0v) is 30.9. The summed E-state index contributed by atoms with van der Waals surface area (Å²) in [5, 5.41) is 0. The fraction of sp³-hybridized carbons (Fsp3) is 0.357. The zero-order chi connectivity index (χ0) is 37.8. The van der Waals surface area contributed by atoms with Gasteiger partial charge in [0.15, 0.2) is 29.3 Å². The molecular weight excluding hydrogens is 688 g/mol. The number of carbonyl (C=O) groups is 2. The first kappa shape index (κ1) is 36.4. The summed E-state index contributed by atoms with van der Waals surface area (Å²) in [7, 11) is 3.08. The van der Waals surface area contributed by atoms with Crippen LogP contribution >= 0.6 is 0 Å². The number of methoxy groups -OCH3 is 2. The van der Waals surface area contributed by atoms with Crippen molar-refractivity contribution in [2.75, 3.05) is 33.9 Å². The molecule has 0 N–H and O–H groups in total. The van der Waals surface area contributed by atoms with E-state index in [4.69, 9.17) is 23.7 Å². The van der Waals surface area contributed by atoms with Crippen LogP contribution in [0.1, 0.15) is 71.4 Å². The van der Waals surface area contributed by atoms with Crippen LogP contribution in [-0.2, 0) is 18.0 Å². The minimum atomic E-state index is -0.0938. The van der Waals surface area contributed by atoms with E-state index < -0.39 is 0 Å². The Hall–Kier alpha value is -5.91. The van der Waals surface area contributed by atoms with E-state index in [1.807, 2.05) is 60.6 Å². The average Bonchev–Trinajstić information content (AvgIpc) is 3.76. The predicted molar refractivity (Wildman–Crippen MR) is 204 cm³/mol. The summed E-state index contributed by atoms with van der Waals surface area (Å²) < 4.78 is 30.0. The Balaban J connectivity index is 1.11. The molecule has 12 nitrogen and oxygen atoms in total. The van der Waals surface area contributed by atoms with Gasteiger partial charge in [-0.05, 0) is 74.6 Å². The molecule has 0 spiro atoms. The van der Waals surface area contributed by atoms with Crippen molar-refractivity contribution in [1.82, 2.24) is 9.80 Å². The molecule has 0 saturated carbocycles. The van der Waals surface area contributed by atoms with Crippen LogP contribution in [0.25, 0.3) is 0 Å². The molecule has 1 radical (unpaired) electrons. The third-order valence-corrected chi connectivity index (χ3v) is 10.1. The topological polar surface area (TPSA) is 129 Å². The van der Waals surface area contributed by atoms with Crippen LogP contribution in [0.15, 0.2) is 75.7 Å². The lowest BCUT2D eigenvalue weighted by Gasteiger charge is -2.20. The molecule has 4 heterocycles. The summed E-state index contributed by atoms with van der Waals surface area (Å²) in [5.41, 5.74) is 5.96. The van der Waals surface area contributed by atoms with E-state index >= 15 is 0 Å². The molecule has 4 aliphatic heterocycles. The van der Waals surface area contributed by atoms with E-state index in [1.165, 1.54) is 25.4 Å². The Morgan fingerprint density at radius 1 is 0.704 bits per heavy atom. The highest BCUT2D eigenvalue weighted by atomic mass is 16.5. The van der Waals surface area contributed by atoms with E-state index in [0.717, 1.165) is 24.0 Å². The number of unbranched alkanes of at least 4 members (excludes halogenated alkanes) is 1. The van der Waals surface area contributed by atoms with Gasteiger partial charge < -0.3 is 33.5 Å². The fourth-order valence-corrected chi connectivity index (χ4v) is 7.16. The van der Waals surface area contributed by atoms with Crippen molar-refractivity contribution in [1.29, 1.82) is 0 Å². The summed E-state index contributed by atoms with van der Waals surface area (Å²) in [5.74, 6) is 2.11. The molecule has 2 amide bonds. The van der Waals surface area contributed by atoms with Gasteiger partial charge in [-0.1, -0.05) is 23.3 Å². The van der Waals surface area contributed by atoms with Gasteiger partial charge in [0.1, 0.15) is 19.0 Å². The number of rotatable bonds is 13. The fourth-order valence-electron chi connectivity index (χ4n) is 7.16. The standard InChI is InChI=1S/C42H43N4O8/c1-5-26-12-30-20-43-35-18-39(37(50-3)16-33(35)41(48)45(30)22-26)53-24-28-11-29(15-32(14-28)52-10-8-7-9-47)25-54-40-19-36-34(17-38(40)51-4)42(49)46-23-27(6-2)13-31(46)21-44-36/h5-6,11,14-21,30-31H,7-8,10,12-13,22-25H2,1-4H3/b26-5+,27-6+/t30-,31-/m0/s1. The monoisotopic (exact) mass is 731 g/mol. The van der Waals surface area contributed by atoms with Gasteiger partial charge in [-0.15, -0.1) is 0 Å². The number of fused-ring (bicyclic) bond motifs is 4. The van der Waals surface area contributed by atoms with Gasteiger partial charge in [-0.3, -0.25) is 24.4 Å². The van der Waals surface area contributed by atoms with Gasteiger partial charge in [-0.25, -0.2) is 0 Å². The number of nitrogens with zero attached hydrogens (tertiary/aromatic N) is 4. The van der Waals surface area contributed by atoms with Crippen LogP contribution in [0.5, 0.6) is 28.7 Å². The lowest BCUT2D eigenvalue weighted by Crippen LogP contribution is -2.35. The molecule has 0 aromatic heterocycles. The van der Waals surface area contributed by atoms with Gasteiger partial charge >= 0.3 is 0 Å². The summed E-state index contributed by atoms with van der Waals surface area (Å²) >= 11 is 0. The van der Waals surface area contributed by atoms with E-state index in [0.29, 0.717) is 77.4 Å². The SMILES string of the molecule is C/C=C1\C[C@H]2C=Nc3cc(OCc4cc(COc5cc6c(cc5OC)C(=O)N5C/C(=C/C)C[C@H]5C=N6)cc(OCCC[C]=O)c4)c(OC)cc3C(=O)N2C1. The molecule has 0 bridgehead atoms. The Morgan fingerprint density at radius 3 is 1.65 bits per heavy atom. The second-order valence-corrected chi connectivity index (χ2v) is 13.6. The molecule has 54 heavy (non-hydrogen) atoms. The van der Waals surface area contributed by atoms with Gasteiger partial charge in [0.25, 0.3) is 11.8 Å². The number of hydrogen-bond acceptors (Lipinski definition) is 10. The van der Waals surface area contributed by atoms with Crippen molar-refractivity contribution in [2.24, 2.45) is 9.98 Å². The first-order valence-corrected chi connectivity index (χ1v) is 18.1. The highest BCUT2D eigenvalue weighted by Gasteiger charge is 2.36. The molecule has 7 rings (SSSR count). The summed E-state index contributed by atoms with van der Waals surface area (Å²) in [6.07, 6.45) is 12.0. The molecule has 12 heteroatoms. The number of aliphatic imine (C=N–C) groups is 2. The van der Waals surface area contributed by atoms with Crippen LogP contribution in [0.3, 0.4) is 0 Å². The number of hydrogen-bond donors (Lipinski definition) is 0. The van der Waals surface area contributed by atoms with E-state index in [1.54, 1.807) is 24.3 Å². The maximum absolute atomic E-state index is 13.5. The van der Waals surface area contributed by atoms with Gasteiger partial charge in [0.05, 0.1) is 55.4 Å². The van der Waals surface area contributed by atoms with E-state index in [-0.39, 0.29) is 43.5 Å².